The van der Waals surface area contributed by atoms with E-state index in [0.29, 0.717) is 4.91 Å². The van der Waals surface area contributed by atoms with E-state index < -0.39 is 0 Å². The molecule has 1 aliphatic carbocycles. The van der Waals surface area contributed by atoms with Gasteiger partial charge in [0.05, 0.1) is 8.14 Å². The number of carbonyl (C=O) groups is 2. The van der Waals surface area contributed by atoms with E-state index in [9.17, 15) is 9.59 Å². The molecule has 0 atom stereocenters. The van der Waals surface area contributed by atoms with E-state index in [2.05, 4.69) is 37.2 Å². The molecule has 0 aromatic carbocycles. The second-order valence-corrected chi connectivity index (χ2v) is 8.72. The minimum atomic E-state index is -0.253. The number of alkyl halides is 2. The second kappa shape index (κ2) is 4.22. The van der Waals surface area contributed by atoms with Crippen molar-refractivity contribution in [1.29, 1.82) is 0 Å². The molecule has 1 N–H and O–H groups in total. The highest BCUT2D eigenvalue weighted by molar-refractivity contribution is 9.25. The molecule has 15 heavy (non-hydrogen) atoms. The molecule has 2 rings (SSSR count). The van der Waals surface area contributed by atoms with Crippen LogP contribution in [-0.2, 0) is 4.79 Å². The molecule has 1 heterocycles. The molecule has 1 saturated heterocycles. The number of rotatable bonds is 0. The third-order valence-corrected chi connectivity index (χ3v) is 5.07. The standard InChI is InChI=1S/C9H9Br2NO2S/c10-9(11)3-1-5(2-4-9)6-7(13)12-8(14)15-6/h1-4H2,(H,12,13,14). The number of thioether (sulfide) groups is 1. The molecule has 0 spiro atoms. The van der Waals surface area contributed by atoms with Crippen molar-refractivity contribution < 1.29 is 9.59 Å². The van der Waals surface area contributed by atoms with E-state index in [1.165, 1.54) is 0 Å². The third kappa shape index (κ3) is 2.65. The average Bonchev–Trinajstić information content (AvgIpc) is 2.45. The van der Waals surface area contributed by atoms with Gasteiger partial charge in [-0.1, -0.05) is 37.4 Å². The van der Waals surface area contributed by atoms with Crippen LogP contribution in [0.1, 0.15) is 25.7 Å². The first-order chi connectivity index (χ1) is 6.98. The van der Waals surface area contributed by atoms with Crippen molar-refractivity contribution in [2.45, 2.75) is 28.9 Å². The maximum Gasteiger partial charge on any atom is 0.290 e. The Morgan fingerprint density at radius 2 is 1.80 bits per heavy atom. The molecular formula is C9H9Br2NO2S. The van der Waals surface area contributed by atoms with Crippen LogP contribution in [0.2, 0.25) is 0 Å². The van der Waals surface area contributed by atoms with Gasteiger partial charge in [-0.05, 0) is 37.4 Å². The summed E-state index contributed by atoms with van der Waals surface area (Å²) in [6.07, 6.45) is 3.60. The molecule has 3 nitrogen and oxygen atoms in total. The lowest BCUT2D eigenvalue weighted by Crippen LogP contribution is -2.21. The van der Waals surface area contributed by atoms with Crippen LogP contribution in [0.3, 0.4) is 0 Å². The highest BCUT2D eigenvalue weighted by Crippen LogP contribution is 2.45. The summed E-state index contributed by atoms with van der Waals surface area (Å²) in [4.78, 5) is 23.0. The maximum atomic E-state index is 11.4. The Bertz CT molecular complexity index is 353. The number of halogens is 2. The summed E-state index contributed by atoms with van der Waals surface area (Å²) in [5.74, 6) is -0.225. The minimum absolute atomic E-state index is 0.00775. The van der Waals surface area contributed by atoms with Gasteiger partial charge in [-0.25, -0.2) is 0 Å². The lowest BCUT2D eigenvalue weighted by molar-refractivity contribution is -0.115. The van der Waals surface area contributed by atoms with Gasteiger partial charge in [-0.15, -0.1) is 0 Å². The summed E-state index contributed by atoms with van der Waals surface area (Å²) in [6.45, 7) is 0. The number of allylic oxidation sites excluding steroid dienone is 1. The Kier molecular flexibility index (Phi) is 3.28. The Morgan fingerprint density at radius 1 is 1.20 bits per heavy atom. The van der Waals surface area contributed by atoms with Gasteiger partial charge in [0, 0.05) is 0 Å². The summed E-state index contributed by atoms with van der Waals surface area (Å²) >= 11 is 8.18. The minimum Gasteiger partial charge on any atom is -0.282 e. The van der Waals surface area contributed by atoms with Crippen LogP contribution in [0.4, 0.5) is 4.79 Å². The summed E-state index contributed by atoms with van der Waals surface area (Å²) in [7, 11) is 0. The number of hydrogen-bond donors (Lipinski definition) is 1. The van der Waals surface area contributed by atoms with Crippen molar-refractivity contribution in [3.63, 3.8) is 0 Å². The van der Waals surface area contributed by atoms with E-state index in [4.69, 9.17) is 0 Å². The number of amides is 2. The highest BCUT2D eigenvalue weighted by atomic mass is 79.9. The molecule has 82 valence electrons. The van der Waals surface area contributed by atoms with Crippen molar-refractivity contribution in [2.75, 3.05) is 0 Å². The SMILES string of the molecule is O=C1NC(=O)C(=C2CCC(Br)(Br)CC2)S1. The van der Waals surface area contributed by atoms with Crippen LogP contribution in [0, 0.1) is 0 Å². The van der Waals surface area contributed by atoms with Gasteiger partial charge < -0.3 is 0 Å². The van der Waals surface area contributed by atoms with Gasteiger partial charge in [0.1, 0.15) is 0 Å². The maximum absolute atomic E-state index is 11.4. The van der Waals surface area contributed by atoms with E-state index in [0.717, 1.165) is 43.0 Å². The molecule has 0 bridgehead atoms. The highest BCUT2D eigenvalue weighted by Gasteiger charge is 2.33. The molecular weight excluding hydrogens is 346 g/mol. The average molecular weight is 355 g/mol. The van der Waals surface area contributed by atoms with Gasteiger partial charge in [0.15, 0.2) is 0 Å². The Labute approximate surface area is 109 Å². The molecule has 0 unspecified atom stereocenters. The van der Waals surface area contributed by atoms with E-state index in [1.807, 2.05) is 0 Å². The van der Waals surface area contributed by atoms with Gasteiger partial charge in [-0.3, -0.25) is 14.9 Å². The quantitative estimate of drug-likeness (QED) is 0.536. The smallest absolute Gasteiger partial charge is 0.282 e. The predicted molar refractivity (Wildman–Crippen MR) is 67.2 cm³/mol. The predicted octanol–water partition coefficient (Wildman–Crippen LogP) is 3.28. The van der Waals surface area contributed by atoms with Crippen LogP contribution < -0.4 is 5.32 Å². The Balaban J connectivity index is 2.15. The van der Waals surface area contributed by atoms with Crippen LogP contribution >= 0.6 is 43.6 Å². The normalized spacial score (nSPS) is 25.7. The fourth-order valence-electron chi connectivity index (χ4n) is 1.69. The summed E-state index contributed by atoms with van der Waals surface area (Å²) < 4.78 is 0.00775. The van der Waals surface area contributed by atoms with Crippen LogP contribution in [-0.4, -0.2) is 14.4 Å². The van der Waals surface area contributed by atoms with Gasteiger partial charge in [-0.2, -0.15) is 0 Å². The van der Waals surface area contributed by atoms with Crippen LogP contribution in [0.15, 0.2) is 10.5 Å². The molecule has 0 aromatic heterocycles. The largest absolute Gasteiger partial charge is 0.290 e. The zero-order valence-electron chi connectivity index (χ0n) is 7.81. The second-order valence-electron chi connectivity index (χ2n) is 3.63. The van der Waals surface area contributed by atoms with Gasteiger partial charge in [0.25, 0.3) is 11.1 Å². The number of carbonyl (C=O) groups excluding carboxylic acids is 2. The molecule has 2 fully saturated rings. The number of hydrogen-bond acceptors (Lipinski definition) is 3. The molecule has 0 aromatic rings. The zero-order valence-corrected chi connectivity index (χ0v) is 11.8. The monoisotopic (exact) mass is 353 g/mol. The Morgan fingerprint density at radius 3 is 2.27 bits per heavy atom. The molecule has 2 aliphatic rings. The topological polar surface area (TPSA) is 46.2 Å². The fourth-order valence-corrected chi connectivity index (χ4v) is 3.31. The third-order valence-electron chi connectivity index (χ3n) is 2.52. The molecule has 1 saturated carbocycles. The van der Waals surface area contributed by atoms with Gasteiger partial charge in [0.2, 0.25) is 0 Å². The lowest BCUT2D eigenvalue weighted by atomic mass is 9.94. The first kappa shape index (κ1) is 11.7. The zero-order chi connectivity index (χ0) is 11.1. The number of imide groups is 1. The number of nitrogens with one attached hydrogen (secondary N) is 1. The van der Waals surface area contributed by atoms with Crippen molar-refractivity contribution in [3.8, 4) is 0 Å². The molecule has 2 amide bonds. The first-order valence-electron chi connectivity index (χ1n) is 4.61. The molecule has 6 heteroatoms. The summed E-state index contributed by atoms with van der Waals surface area (Å²) in [6, 6.07) is 0. The van der Waals surface area contributed by atoms with E-state index in [1.54, 1.807) is 0 Å². The lowest BCUT2D eigenvalue weighted by Gasteiger charge is -2.27. The fraction of sp³-hybridized carbons (Fsp3) is 0.556. The van der Waals surface area contributed by atoms with E-state index >= 15 is 0 Å². The van der Waals surface area contributed by atoms with E-state index in [-0.39, 0.29) is 14.4 Å². The van der Waals surface area contributed by atoms with Crippen molar-refractivity contribution in [1.82, 2.24) is 5.32 Å². The van der Waals surface area contributed by atoms with Crippen LogP contribution in [0.5, 0.6) is 0 Å². The summed E-state index contributed by atoms with van der Waals surface area (Å²) in [5.41, 5.74) is 1.11. The van der Waals surface area contributed by atoms with Crippen molar-refractivity contribution in [3.05, 3.63) is 10.5 Å². The first-order valence-corrected chi connectivity index (χ1v) is 7.01. The van der Waals surface area contributed by atoms with Gasteiger partial charge >= 0.3 is 0 Å². The summed E-state index contributed by atoms with van der Waals surface area (Å²) in [5, 5.41) is 2.04. The molecule has 0 radical (unpaired) electrons. The van der Waals surface area contributed by atoms with Crippen LogP contribution in [0.25, 0.3) is 0 Å². The molecule has 1 aliphatic heterocycles. The van der Waals surface area contributed by atoms with Crippen molar-refractivity contribution in [2.24, 2.45) is 0 Å². The van der Waals surface area contributed by atoms with Crippen molar-refractivity contribution >= 4 is 54.8 Å². The Hall–Kier alpha value is 0.190.